The monoisotopic (exact) mass is 267 g/mol. The topological polar surface area (TPSA) is 38.3 Å². The Bertz CT molecular complexity index is 319. The lowest BCUT2D eigenvalue weighted by Gasteiger charge is -2.32. The van der Waals surface area contributed by atoms with Crippen molar-refractivity contribution in [1.29, 1.82) is 0 Å². The highest BCUT2D eigenvalue weighted by Gasteiger charge is 2.42. The lowest BCUT2D eigenvalue weighted by Crippen LogP contribution is -2.52. The minimum atomic E-state index is -0.511. The molecule has 0 aromatic carbocycles. The van der Waals surface area contributed by atoms with Crippen LogP contribution in [0, 0.1) is 11.3 Å². The minimum Gasteiger partial charge on any atom is -0.468 e. The van der Waals surface area contributed by atoms with Gasteiger partial charge in [0.1, 0.15) is 5.54 Å². The summed E-state index contributed by atoms with van der Waals surface area (Å²) in [6, 6.07) is 0. The lowest BCUT2D eigenvalue weighted by atomic mass is 9.76. The first-order valence-electron chi connectivity index (χ1n) is 7.30. The number of carbonyl (C=O) groups excluding carboxylic acids is 1. The molecule has 1 aliphatic carbocycles. The van der Waals surface area contributed by atoms with E-state index in [2.05, 4.69) is 32.7 Å². The number of methoxy groups -OCH3 is 1. The third-order valence-corrected chi connectivity index (χ3v) is 4.46. The van der Waals surface area contributed by atoms with Gasteiger partial charge in [0.15, 0.2) is 0 Å². The second-order valence-electron chi connectivity index (χ2n) is 6.74. The number of hydrogen-bond acceptors (Lipinski definition) is 3. The summed E-state index contributed by atoms with van der Waals surface area (Å²) in [4.78, 5) is 12.2. The number of ether oxygens (including phenoxy) is 1. The molecular weight excluding hydrogens is 238 g/mol. The SMILES string of the molecule is C=CCNC1(C(=O)OC)CCCC(C(C)(C)C)CC1. The van der Waals surface area contributed by atoms with Gasteiger partial charge in [-0.2, -0.15) is 0 Å². The van der Waals surface area contributed by atoms with E-state index in [4.69, 9.17) is 4.74 Å². The molecule has 0 radical (unpaired) electrons. The molecule has 1 saturated carbocycles. The van der Waals surface area contributed by atoms with Gasteiger partial charge in [-0.3, -0.25) is 10.1 Å². The molecule has 3 nitrogen and oxygen atoms in total. The Morgan fingerprint density at radius 3 is 2.63 bits per heavy atom. The first-order valence-corrected chi connectivity index (χ1v) is 7.30. The van der Waals surface area contributed by atoms with Gasteiger partial charge in [0, 0.05) is 6.54 Å². The zero-order chi connectivity index (χ0) is 14.5. The molecule has 1 fully saturated rings. The molecule has 0 heterocycles. The number of carbonyl (C=O) groups is 1. The van der Waals surface area contributed by atoms with Crippen LogP contribution in [0.1, 0.15) is 52.9 Å². The summed E-state index contributed by atoms with van der Waals surface area (Å²) in [6.45, 7) is 11.2. The average molecular weight is 267 g/mol. The van der Waals surface area contributed by atoms with Gasteiger partial charge in [-0.05, 0) is 37.0 Å². The Labute approximate surface area is 117 Å². The normalized spacial score (nSPS) is 28.5. The van der Waals surface area contributed by atoms with Gasteiger partial charge in [0.25, 0.3) is 0 Å². The predicted octanol–water partition coefficient (Wildman–Crippen LogP) is 3.30. The van der Waals surface area contributed by atoms with Gasteiger partial charge in [-0.1, -0.05) is 33.3 Å². The first kappa shape index (κ1) is 16.2. The maximum atomic E-state index is 12.2. The maximum absolute atomic E-state index is 12.2. The van der Waals surface area contributed by atoms with Crippen LogP contribution in [0.15, 0.2) is 12.7 Å². The summed E-state index contributed by atoms with van der Waals surface area (Å²) >= 11 is 0. The fraction of sp³-hybridized carbons (Fsp3) is 0.812. The molecule has 0 amide bonds. The van der Waals surface area contributed by atoms with Crippen LogP contribution in [0.3, 0.4) is 0 Å². The van der Waals surface area contributed by atoms with Crippen molar-refractivity contribution < 1.29 is 9.53 Å². The Morgan fingerprint density at radius 2 is 2.11 bits per heavy atom. The average Bonchev–Trinajstić information content (AvgIpc) is 2.58. The Morgan fingerprint density at radius 1 is 1.42 bits per heavy atom. The molecule has 0 aromatic heterocycles. The van der Waals surface area contributed by atoms with Crippen molar-refractivity contribution in [2.45, 2.75) is 58.4 Å². The summed E-state index contributed by atoms with van der Waals surface area (Å²) in [6.07, 6.45) is 6.86. The highest BCUT2D eigenvalue weighted by atomic mass is 16.5. The zero-order valence-electron chi connectivity index (χ0n) is 12.9. The maximum Gasteiger partial charge on any atom is 0.326 e. The smallest absolute Gasteiger partial charge is 0.326 e. The molecule has 0 spiro atoms. The van der Waals surface area contributed by atoms with Gasteiger partial charge >= 0.3 is 5.97 Å². The zero-order valence-corrected chi connectivity index (χ0v) is 12.9. The van der Waals surface area contributed by atoms with Crippen LogP contribution in [0.5, 0.6) is 0 Å². The first-order chi connectivity index (χ1) is 8.85. The standard InChI is InChI=1S/C16H29NO2/c1-6-12-17-16(14(18)19-5)10-7-8-13(9-11-16)15(2,3)4/h6,13,17H,1,7-12H2,2-5H3. The van der Waals surface area contributed by atoms with Crippen LogP contribution in [0.2, 0.25) is 0 Å². The van der Waals surface area contributed by atoms with Gasteiger partial charge in [-0.25, -0.2) is 0 Å². The molecule has 1 aliphatic rings. The summed E-state index contributed by atoms with van der Waals surface area (Å²) < 4.78 is 5.03. The fourth-order valence-corrected chi connectivity index (χ4v) is 3.12. The number of esters is 1. The van der Waals surface area contributed by atoms with Crippen LogP contribution in [0.4, 0.5) is 0 Å². The fourth-order valence-electron chi connectivity index (χ4n) is 3.12. The summed E-state index contributed by atoms with van der Waals surface area (Å²) in [5.41, 5.74) is -0.201. The molecule has 3 heteroatoms. The molecule has 2 unspecified atom stereocenters. The Balaban J connectivity index is 2.83. The van der Waals surface area contributed by atoms with E-state index >= 15 is 0 Å². The van der Waals surface area contributed by atoms with Crippen LogP contribution in [0.25, 0.3) is 0 Å². The second-order valence-corrected chi connectivity index (χ2v) is 6.74. The van der Waals surface area contributed by atoms with Crippen LogP contribution >= 0.6 is 0 Å². The molecule has 0 aliphatic heterocycles. The van der Waals surface area contributed by atoms with Crippen LogP contribution in [-0.2, 0) is 9.53 Å². The summed E-state index contributed by atoms with van der Waals surface area (Å²) in [5, 5.41) is 3.35. The van der Waals surface area contributed by atoms with Crippen LogP contribution < -0.4 is 5.32 Å². The van der Waals surface area contributed by atoms with Crippen molar-refractivity contribution in [2.75, 3.05) is 13.7 Å². The third-order valence-electron chi connectivity index (χ3n) is 4.46. The van der Waals surface area contributed by atoms with Gasteiger partial charge < -0.3 is 4.74 Å². The van der Waals surface area contributed by atoms with E-state index in [1.54, 1.807) is 6.08 Å². The van der Waals surface area contributed by atoms with Crippen LogP contribution in [-0.4, -0.2) is 25.2 Å². The van der Waals surface area contributed by atoms with Gasteiger partial charge in [0.05, 0.1) is 7.11 Å². The molecular formula is C16H29NO2. The second kappa shape index (κ2) is 6.56. The Kier molecular flexibility index (Phi) is 5.60. The molecule has 1 rings (SSSR count). The molecule has 0 bridgehead atoms. The van der Waals surface area contributed by atoms with E-state index in [-0.39, 0.29) is 5.97 Å². The number of hydrogen-bond donors (Lipinski definition) is 1. The van der Waals surface area contributed by atoms with Crippen molar-refractivity contribution in [2.24, 2.45) is 11.3 Å². The van der Waals surface area contributed by atoms with Crippen molar-refractivity contribution in [3.8, 4) is 0 Å². The summed E-state index contributed by atoms with van der Waals surface area (Å²) in [7, 11) is 1.48. The van der Waals surface area contributed by atoms with E-state index in [9.17, 15) is 4.79 Å². The molecule has 110 valence electrons. The van der Waals surface area contributed by atoms with Crippen molar-refractivity contribution in [1.82, 2.24) is 5.32 Å². The quantitative estimate of drug-likeness (QED) is 0.482. The number of rotatable bonds is 4. The minimum absolute atomic E-state index is 0.121. The molecule has 0 saturated heterocycles. The van der Waals surface area contributed by atoms with E-state index in [1.165, 1.54) is 13.5 Å². The predicted molar refractivity (Wildman–Crippen MR) is 79.0 cm³/mol. The van der Waals surface area contributed by atoms with Gasteiger partial charge in [0.2, 0.25) is 0 Å². The highest BCUT2D eigenvalue weighted by Crippen LogP contribution is 2.40. The highest BCUT2D eigenvalue weighted by molar-refractivity contribution is 5.80. The summed E-state index contributed by atoms with van der Waals surface area (Å²) in [5.74, 6) is 0.550. The number of nitrogens with one attached hydrogen (secondary N) is 1. The largest absolute Gasteiger partial charge is 0.468 e. The van der Waals surface area contributed by atoms with E-state index in [0.29, 0.717) is 17.9 Å². The van der Waals surface area contributed by atoms with E-state index in [0.717, 1.165) is 25.7 Å². The van der Waals surface area contributed by atoms with E-state index in [1.807, 2.05) is 0 Å². The van der Waals surface area contributed by atoms with Crippen molar-refractivity contribution in [3.63, 3.8) is 0 Å². The lowest BCUT2D eigenvalue weighted by molar-refractivity contribution is -0.149. The van der Waals surface area contributed by atoms with Crippen molar-refractivity contribution >= 4 is 5.97 Å². The molecule has 1 N–H and O–H groups in total. The van der Waals surface area contributed by atoms with Crippen molar-refractivity contribution in [3.05, 3.63) is 12.7 Å². The third kappa shape index (κ3) is 4.07. The molecule has 0 aromatic rings. The molecule has 2 atom stereocenters. The Hall–Kier alpha value is -0.830. The van der Waals surface area contributed by atoms with Gasteiger partial charge in [-0.15, -0.1) is 6.58 Å². The molecule has 19 heavy (non-hydrogen) atoms. The van der Waals surface area contributed by atoms with E-state index < -0.39 is 5.54 Å².